The fraction of sp³-hybridized carbons (Fsp3) is 0.227. The van der Waals surface area contributed by atoms with E-state index in [9.17, 15) is 0 Å². The number of hydrogen-bond donors (Lipinski definition) is 0. The third-order valence-corrected chi connectivity index (χ3v) is 4.90. The molecule has 0 N–H and O–H groups in total. The lowest BCUT2D eigenvalue weighted by Gasteiger charge is -2.27. The summed E-state index contributed by atoms with van der Waals surface area (Å²) in [5, 5.41) is 1.22. The van der Waals surface area contributed by atoms with Gasteiger partial charge in [0.1, 0.15) is 11.4 Å². The van der Waals surface area contributed by atoms with Crippen LogP contribution in [0.25, 0.3) is 17.1 Å². The Labute approximate surface area is 154 Å². The van der Waals surface area contributed by atoms with Gasteiger partial charge in [-0.2, -0.15) is 0 Å². The summed E-state index contributed by atoms with van der Waals surface area (Å²) in [6, 6.07) is 12.3. The summed E-state index contributed by atoms with van der Waals surface area (Å²) in [5.74, 6) is 0.888. The first kappa shape index (κ1) is 16.5. The van der Waals surface area contributed by atoms with Gasteiger partial charge in [-0.3, -0.25) is 0 Å². The molecule has 0 saturated carbocycles. The molecule has 0 aliphatic carbocycles. The average molecular weight is 345 g/mol. The van der Waals surface area contributed by atoms with Crippen LogP contribution in [0.3, 0.4) is 0 Å². The van der Waals surface area contributed by atoms with E-state index in [1.165, 1.54) is 22.2 Å². The van der Waals surface area contributed by atoms with Crippen LogP contribution in [0.5, 0.6) is 5.75 Å². The van der Waals surface area contributed by atoms with Crippen LogP contribution in [-0.4, -0.2) is 29.8 Å². The number of methoxy groups -OCH3 is 1. The van der Waals surface area contributed by atoms with Crippen molar-refractivity contribution < 1.29 is 4.74 Å². The number of aromatic nitrogens is 2. The number of hydrogen-bond acceptors (Lipinski definition) is 3. The standard InChI is InChI=1S/C22H23N3O/c1-24-16-21(20-4-3-13-23-22(20)24)25-14-11-18(12-15-25)6-5-17-7-9-19(26-2)10-8-17/h3-11,13,16H,12,14-15H2,1-2H3/b6-5+. The van der Waals surface area contributed by atoms with Gasteiger partial charge in [0.25, 0.3) is 0 Å². The molecule has 26 heavy (non-hydrogen) atoms. The van der Waals surface area contributed by atoms with Crippen molar-refractivity contribution in [1.29, 1.82) is 0 Å². The van der Waals surface area contributed by atoms with E-state index in [4.69, 9.17) is 4.74 Å². The predicted octanol–water partition coefficient (Wildman–Crippen LogP) is 4.43. The minimum absolute atomic E-state index is 0.888. The summed E-state index contributed by atoms with van der Waals surface area (Å²) in [6.45, 7) is 1.95. The smallest absolute Gasteiger partial charge is 0.141 e. The zero-order chi connectivity index (χ0) is 17.9. The summed E-state index contributed by atoms with van der Waals surface area (Å²) >= 11 is 0. The predicted molar refractivity (Wildman–Crippen MR) is 108 cm³/mol. The summed E-state index contributed by atoms with van der Waals surface area (Å²) in [5.41, 5.74) is 4.88. The number of ether oxygens (including phenoxy) is 1. The van der Waals surface area contributed by atoms with E-state index in [1.54, 1.807) is 7.11 Å². The Morgan fingerprint density at radius 1 is 1.12 bits per heavy atom. The maximum atomic E-state index is 5.20. The number of allylic oxidation sites excluding steroid dienone is 1. The number of fused-ring (bicyclic) bond motifs is 1. The normalized spacial score (nSPS) is 14.8. The fourth-order valence-corrected chi connectivity index (χ4v) is 3.42. The van der Waals surface area contributed by atoms with Crippen LogP contribution < -0.4 is 9.64 Å². The zero-order valence-electron chi connectivity index (χ0n) is 15.2. The number of pyridine rings is 1. The topological polar surface area (TPSA) is 30.3 Å². The summed E-state index contributed by atoms with van der Waals surface area (Å²) in [7, 11) is 3.75. The van der Waals surface area contributed by atoms with Gasteiger partial charge >= 0.3 is 0 Å². The molecule has 0 amide bonds. The van der Waals surface area contributed by atoms with Crippen LogP contribution in [0.15, 0.2) is 66.5 Å². The summed E-state index contributed by atoms with van der Waals surface area (Å²) < 4.78 is 7.31. The van der Waals surface area contributed by atoms with Crippen LogP contribution in [0.2, 0.25) is 0 Å². The molecule has 0 spiro atoms. The van der Waals surface area contributed by atoms with Gasteiger partial charge in [0.05, 0.1) is 12.8 Å². The van der Waals surface area contributed by atoms with Crippen LogP contribution in [0.4, 0.5) is 5.69 Å². The monoisotopic (exact) mass is 345 g/mol. The van der Waals surface area contributed by atoms with E-state index in [-0.39, 0.29) is 0 Å². The largest absolute Gasteiger partial charge is 0.497 e. The quantitative estimate of drug-likeness (QED) is 0.701. The Kier molecular flexibility index (Phi) is 4.48. The van der Waals surface area contributed by atoms with Crippen molar-refractivity contribution in [3.63, 3.8) is 0 Å². The molecule has 0 atom stereocenters. The SMILES string of the molecule is COc1ccc(/C=C/C2=CCN(c3cn(C)c4ncccc34)CC2)cc1. The van der Waals surface area contributed by atoms with Crippen molar-refractivity contribution in [2.75, 3.05) is 25.1 Å². The molecule has 4 rings (SSSR count). The lowest BCUT2D eigenvalue weighted by molar-refractivity contribution is 0.415. The average Bonchev–Trinajstić information content (AvgIpc) is 3.04. The molecule has 132 valence electrons. The molecule has 4 nitrogen and oxygen atoms in total. The maximum Gasteiger partial charge on any atom is 0.141 e. The molecule has 4 heteroatoms. The molecule has 1 aromatic carbocycles. The van der Waals surface area contributed by atoms with Gasteiger partial charge in [-0.1, -0.05) is 30.4 Å². The van der Waals surface area contributed by atoms with E-state index in [2.05, 4.69) is 64.1 Å². The molecule has 2 aromatic heterocycles. The molecule has 0 bridgehead atoms. The second-order valence-electron chi connectivity index (χ2n) is 6.58. The highest BCUT2D eigenvalue weighted by Gasteiger charge is 2.16. The van der Waals surface area contributed by atoms with Crippen LogP contribution >= 0.6 is 0 Å². The zero-order valence-corrected chi connectivity index (χ0v) is 15.2. The van der Waals surface area contributed by atoms with Crippen LogP contribution in [0.1, 0.15) is 12.0 Å². The van der Waals surface area contributed by atoms with E-state index < -0.39 is 0 Å². The van der Waals surface area contributed by atoms with Gasteiger partial charge in [-0.25, -0.2) is 4.98 Å². The molecule has 3 aromatic rings. The Hall–Kier alpha value is -3.01. The highest BCUT2D eigenvalue weighted by atomic mass is 16.5. The Bertz CT molecular complexity index is 967. The number of anilines is 1. The van der Waals surface area contributed by atoms with Gasteiger partial charge in [0.2, 0.25) is 0 Å². The molecule has 0 fully saturated rings. The van der Waals surface area contributed by atoms with Crippen LogP contribution in [-0.2, 0) is 7.05 Å². The Morgan fingerprint density at radius 2 is 1.96 bits per heavy atom. The van der Waals surface area contributed by atoms with Crippen molar-refractivity contribution in [1.82, 2.24) is 9.55 Å². The third-order valence-electron chi connectivity index (χ3n) is 4.90. The van der Waals surface area contributed by atoms with Crippen molar-refractivity contribution in [3.8, 4) is 5.75 Å². The summed E-state index contributed by atoms with van der Waals surface area (Å²) in [6.07, 6.45) is 11.8. The van der Waals surface area contributed by atoms with Crippen molar-refractivity contribution in [3.05, 3.63) is 72.1 Å². The number of aryl methyl sites for hydroxylation is 1. The number of benzene rings is 1. The molecule has 1 aliphatic heterocycles. The van der Waals surface area contributed by atoms with E-state index in [0.717, 1.165) is 30.9 Å². The molecule has 3 heterocycles. The van der Waals surface area contributed by atoms with Gasteiger partial charge in [0.15, 0.2) is 0 Å². The highest BCUT2D eigenvalue weighted by Crippen LogP contribution is 2.29. The highest BCUT2D eigenvalue weighted by molar-refractivity contribution is 5.91. The first-order chi connectivity index (χ1) is 12.7. The first-order valence-corrected chi connectivity index (χ1v) is 8.91. The summed E-state index contributed by atoms with van der Waals surface area (Å²) in [4.78, 5) is 6.91. The number of nitrogens with zero attached hydrogens (tertiary/aromatic N) is 3. The minimum atomic E-state index is 0.888. The Balaban J connectivity index is 1.48. The molecular formula is C22H23N3O. The van der Waals surface area contributed by atoms with Gasteiger partial charge in [0, 0.05) is 37.9 Å². The molecule has 1 aliphatic rings. The second-order valence-corrected chi connectivity index (χ2v) is 6.58. The minimum Gasteiger partial charge on any atom is -0.497 e. The lowest BCUT2D eigenvalue weighted by atomic mass is 10.1. The van der Waals surface area contributed by atoms with Crippen molar-refractivity contribution >= 4 is 22.8 Å². The van der Waals surface area contributed by atoms with Gasteiger partial charge in [-0.15, -0.1) is 0 Å². The first-order valence-electron chi connectivity index (χ1n) is 8.91. The fourth-order valence-electron chi connectivity index (χ4n) is 3.42. The molecule has 0 radical (unpaired) electrons. The molecule has 0 saturated heterocycles. The van der Waals surface area contributed by atoms with E-state index in [0.29, 0.717) is 0 Å². The maximum absolute atomic E-state index is 5.20. The van der Waals surface area contributed by atoms with Gasteiger partial charge in [-0.05, 0) is 41.8 Å². The molecular weight excluding hydrogens is 322 g/mol. The van der Waals surface area contributed by atoms with E-state index >= 15 is 0 Å². The van der Waals surface area contributed by atoms with Crippen molar-refractivity contribution in [2.45, 2.75) is 6.42 Å². The number of rotatable bonds is 4. The lowest BCUT2D eigenvalue weighted by Crippen LogP contribution is -2.28. The molecule has 0 unspecified atom stereocenters. The van der Waals surface area contributed by atoms with Gasteiger partial charge < -0.3 is 14.2 Å². The van der Waals surface area contributed by atoms with Crippen molar-refractivity contribution in [2.24, 2.45) is 7.05 Å². The van der Waals surface area contributed by atoms with Crippen LogP contribution in [0, 0.1) is 0 Å². The second kappa shape index (κ2) is 7.08. The van der Waals surface area contributed by atoms with E-state index in [1.807, 2.05) is 24.4 Å². The Morgan fingerprint density at radius 3 is 2.69 bits per heavy atom. The third kappa shape index (κ3) is 3.23.